The first-order valence-corrected chi connectivity index (χ1v) is 10.3. The number of benzene rings is 2. The van der Waals surface area contributed by atoms with Crippen molar-refractivity contribution in [3.05, 3.63) is 82.9 Å². The number of anilines is 1. The Morgan fingerprint density at radius 2 is 1.74 bits per heavy atom. The molecule has 2 aliphatic heterocycles. The van der Waals surface area contributed by atoms with Crippen molar-refractivity contribution in [1.82, 2.24) is 9.78 Å². The molecule has 0 saturated carbocycles. The van der Waals surface area contributed by atoms with Crippen molar-refractivity contribution in [1.29, 1.82) is 0 Å². The number of cyclic esters (lactones) is 1. The summed E-state index contributed by atoms with van der Waals surface area (Å²) in [6.07, 6.45) is 3.91. The fraction of sp³-hybridized carbons (Fsp3) is 0.208. The van der Waals surface area contributed by atoms with Gasteiger partial charge >= 0.3 is 5.97 Å². The SMILES string of the molecule is Cc1nn(-c2ccccc2)c(N2CCCC2)c1C=C1N=C(c2ccccc2F)OC1=O. The fourth-order valence-corrected chi connectivity index (χ4v) is 3.97. The molecule has 0 atom stereocenters. The third-order valence-electron chi connectivity index (χ3n) is 5.49. The fourth-order valence-electron chi connectivity index (χ4n) is 3.97. The summed E-state index contributed by atoms with van der Waals surface area (Å²) in [6, 6.07) is 16.0. The van der Waals surface area contributed by atoms with E-state index in [1.54, 1.807) is 24.3 Å². The van der Waals surface area contributed by atoms with Crippen LogP contribution in [0.1, 0.15) is 29.7 Å². The van der Waals surface area contributed by atoms with E-state index in [9.17, 15) is 9.18 Å². The molecule has 7 heteroatoms. The van der Waals surface area contributed by atoms with E-state index in [2.05, 4.69) is 9.89 Å². The number of aliphatic imine (C=N–C) groups is 1. The molecule has 3 heterocycles. The van der Waals surface area contributed by atoms with E-state index >= 15 is 0 Å². The molecular formula is C24H21FN4O2. The Balaban J connectivity index is 1.62. The number of carbonyl (C=O) groups is 1. The standard InChI is InChI=1S/C24H21FN4O2/c1-16-19(15-21-24(30)31-22(26-21)18-11-5-6-12-20(18)25)23(28-13-7-8-14-28)29(27-16)17-9-3-2-4-10-17/h2-6,9-12,15H,7-8,13-14H2,1H3. The van der Waals surface area contributed by atoms with Crippen molar-refractivity contribution in [2.45, 2.75) is 19.8 Å². The normalized spacial score (nSPS) is 17.4. The summed E-state index contributed by atoms with van der Waals surface area (Å²) in [5, 5.41) is 4.75. The predicted molar refractivity (Wildman–Crippen MR) is 117 cm³/mol. The largest absolute Gasteiger partial charge is 0.402 e. The number of ether oxygens (including phenoxy) is 1. The van der Waals surface area contributed by atoms with Gasteiger partial charge in [-0.2, -0.15) is 5.10 Å². The van der Waals surface area contributed by atoms with Crippen LogP contribution in [0.25, 0.3) is 11.8 Å². The van der Waals surface area contributed by atoms with Gasteiger partial charge in [-0.1, -0.05) is 30.3 Å². The van der Waals surface area contributed by atoms with Gasteiger partial charge < -0.3 is 9.64 Å². The van der Waals surface area contributed by atoms with E-state index in [1.165, 1.54) is 6.07 Å². The molecule has 1 saturated heterocycles. The summed E-state index contributed by atoms with van der Waals surface area (Å²) < 4.78 is 21.3. The lowest BCUT2D eigenvalue weighted by atomic mass is 10.2. The minimum atomic E-state index is -0.600. The van der Waals surface area contributed by atoms with Gasteiger partial charge in [0.15, 0.2) is 5.70 Å². The van der Waals surface area contributed by atoms with Crippen LogP contribution in [-0.2, 0) is 9.53 Å². The summed E-state index contributed by atoms with van der Waals surface area (Å²) in [6.45, 7) is 3.75. The quantitative estimate of drug-likeness (QED) is 0.471. The van der Waals surface area contributed by atoms with Crippen LogP contribution in [0.3, 0.4) is 0 Å². The van der Waals surface area contributed by atoms with Gasteiger partial charge in [-0.05, 0) is 50.1 Å². The van der Waals surface area contributed by atoms with Crippen LogP contribution < -0.4 is 4.90 Å². The Bertz CT molecular complexity index is 1210. The van der Waals surface area contributed by atoms with Crippen molar-refractivity contribution in [2.75, 3.05) is 18.0 Å². The highest BCUT2D eigenvalue weighted by molar-refractivity contribution is 6.13. The van der Waals surface area contributed by atoms with E-state index in [0.717, 1.165) is 48.7 Å². The first kappa shape index (κ1) is 19.2. The van der Waals surface area contributed by atoms with Crippen LogP contribution in [0.5, 0.6) is 0 Å². The Hall–Kier alpha value is -3.74. The van der Waals surface area contributed by atoms with Crippen LogP contribution >= 0.6 is 0 Å². The second-order valence-electron chi connectivity index (χ2n) is 7.58. The smallest absolute Gasteiger partial charge is 0.363 e. The molecule has 3 aromatic rings. The number of nitrogens with zero attached hydrogens (tertiary/aromatic N) is 4. The van der Waals surface area contributed by atoms with Crippen LogP contribution in [0.15, 0.2) is 65.3 Å². The maximum absolute atomic E-state index is 14.1. The molecule has 1 fully saturated rings. The third-order valence-corrected chi connectivity index (χ3v) is 5.49. The number of hydrogen-bond donors (Lipinski definition) is 0. The van der Waals surface area contributed by atoms with Crippen LogP contribution in [0.2, 0.25) is 0 Å². The van der Waals surface area contributed by atoms with Gasteiger partial charge in [-0.25, -0.2) is 18.9 Å². The first-order valence-electron chi connectivity index (χ1n) is 10.3. The molecule has 6 nitrogen and oxygen atoms in total. The average molecular weight is 416 g/mol. The molecule has 2 aliphatic rings. The second-order valence-corrected chi connectivity index (χ2v) is 7.58. The van der Waals surface area contributed by atoms with Crippen molar-refractivity contribution >= 4 is 23.8 Å². The molecule has 0 bridgehead atoms. The van der Waals surface area contributed by atoms with E-state index in [0.29, 0.717) is 0 Å². The molecular weight excluding hydrogens is 395 g/mol. The first-order chi connectivity index (χ1) is 15.1. The van der Waals surface area contributed by atoms with E-state index in [4.69, 9.17) is 9.84 Å². The maximum Gasteiger partial charge on any atom is 0.363 e. The average Bonchev–Trinajstić information content (AvgIpc) is 3.50. The Morgan fingerprint density at radius 1 is 1.03 bits per heavy atom. The zero-order valence-electron chi connectivity index (χ0n) is 17.1. The number of aromatic nitrogens is 2. The molecule has 1 aromatic heterocycles. The van der Waals surface area contributed by atoms with E-state index < -0.39 is 11.8 Å². The number of esters is 1. The summed E-state index contributed by atoms with van der Waals surface area (Å²) in [4.78, 5) is 19.1. The van der Waals surface area contributed by atoms with Gasteiger partial charge in [0.1, 0.15) is 11.6 Å². The van der Waals surface area contributed by atoms with Crippen LogP contribution in [0.4, 0.5) is 10.2 Å². The van der Waals surface area contributed by atoms with Gasteiger partial charge in [0.25, 0.3) is 0 Å². The van der Waals surface area contributed by atoms with Crippen molar-refractivity contribution in [2.24, 2.45) is 4.99 Å². The number of para-hydroxylation sites is 1. The molecule has 2 aromatic carbocycles. The molecule has 0 N–H and O–H groups in total. The van der Waals surface area contributed by atoms with Gasteiger partial charge in [0.2, 0.25) is 5.90 Å². The Morgan fingerprint density at radius 3 is 2.48 bits per heavy atom. The molecule has 0 aliphatic carbocycles. The zero-order chi connectivity index (χ0) is 21.4. The number of halogens is 1. The second kappa shape index (κ2) is 7.83. The van der Waals surface area contributed by atoms with Crippen molar-refractivity contribution in [3.8, 4) is 5.69 Å². The molecule has 156 valence electrons. The van der Waals surface area contributed by atoms with E-state index in [-0.39, 0.29) is 17.2 Å². The topological polar surface area (TPSA) is 59.7 Å². The summed E-state index contributed by atoms with van der Waals surface area (Å²) in [5.41, 5.74) is 2.84. The van der Waals surface area contributed by atoms with Gasteiger partial charge in [-0.3, -0.25) is 0 Å². The molecule has 0 amide bonds. The summed E-state index contributed by atoms with van der Waals surface area (Å²) in [7, 11) is 0. The van der Waals surface area contributed by atoms with Gasteiger partial charge in [0, 0.05) is 18.7 Å². The number of carbonyl (C=O) groups excluding carboxylic acids is 1. The lowest BCUT2D eigenvalue weighted by Gasteiger charge is -2.20. The van der Waals surface area contributed by atoms with Gasteiger partial charge in [0.05, 0.1) is 16.9 Å². The number of rotatable bonds is 4. The Labute approximate surface area is 179 Å². The highest BCUT2D eigenvalue weighted by atomic mass is 19.1. The minimum Gasteiger partial charge on any atom is -0.402 e. The lowest BCUT2D eigenvalue weighted by molar-refractivity contribution is -0.129. The van der Waals surface area contributed by atoms with Crippen molar-refractivity contribution < 1.29 is 13.9 Å². The molecule has 5 rings (SSSR count). The molecule has 0 spiro atoms. The molecule has 31 heavy (non-hydrogen) atoms. The van der Waals surface area contributed by atoms with Crippen molar-refractivity contribution in [3.63, 3.8) is 0 Å². The third kappa shape index (κ3) is 3.52. The highest BCUT2D eigenvalue weighted by Crippen LogP contribution is 2.33. The zero-order valence-corrected chi connectivity index (χ0v) is 17.1. The highest BCUT2D eigenvalue weighted by Gasteiger charge is 2.29. The molecule has 0 radical (unpaired) electrons. The number of aryl methyl sites for hydroxylation is 1. The Kier molecular flexibility index (Phi) is 4.86. The minimum absolute atomic E-state index is 0.0230. The maximum atomic E-state index is 14.1. The summed E-state index contributed by atoms with van der Waals surface area (Å²) >= 11 is 0. The van der Waals surface area contributed by atoms with Gasteiger partial charge in [-0.15, -0.1) is 0 Å². The lowest BCUT2D eigenvalue weighted by Crippen LogP contribution is -2.22. The van der Waals surface area contributed by atoms with E-state index in [1.807, 2.05) is 41.9 Å². The predicted octanol–water partition coefficient (Wildman–Crippen LogP) is 4.26. The number of hydrogen-bond acceptors (Lipinski definition) is 5. The van der Waals surface area contributed by atoms with Crippen LogP contribution in [0, 0.1) is 12.7 Å². The summed E-state index contributed by atoms with van der Waals surface area (Å²) in [5.74, 6) is -0.181. The van der Waals surface area contributed by atoms with Crippen LogP contribution in [-0.4, -0.2) is 34.7 Å². The molecule has 0 unspecified atom stereocenters. The monoisotopic (exact) mass is 416 g/mol.